The minimum atomic E-state index is 0.740. The molecule has 0 bridgehead atoms. The zero-order valence-electron chi connectivity index (χ0n) is 10.4. The van der Waals surface area contributed by atoms with E-state index >= 15 is 0 Å². The molecular weight excluding hydrogens is 222 g/mol. The molecule has 0 amide bonds. The minimum Gasteiger partial charge on any atom is -0.341 e. The normalized spacial score (nSPS) is 13.5. The Hall–Kier alpha value is -2.09. The molecule has 1 heterocycles. The number of benzene rings is 2. The zero-order valence-corrected chi connectivity index (χ0v) is 10.4. The van der Waals surface area contributed by atoms with E-state index in [1.165, 1.54) is 16.9 Å². The number of fused-ring (bicyclic) bond motifs is 1. The number of rotatable bonds is 2. The molecule has 0 fully saturated rings. The maximum atomic E-state index is 10.8. The lowest BCUT2D eigenvalue weighted by atomic mass is 10.1. The van der Waals surface area contributed by atoms with Crippen LogP contribution >= 0.6 is 0 Å². The van der Waals surface area contributed by atoms with Crippen molar-refractivity contribution in [1.29, 1.82) is 0 Å². The Morgan fingerprint density at radius 3 is 2.72 bits per heavy atom. The van der Waals surface area contributed by atoms with Crippen LogP contribution in [0.2, 0.25) is 0 Å². The molecule has 2 aromatic rings. The number of aldehydes is 1. The van der Waals surface area contributed by atoms with Crippen LogP contribution in [-0.4, -0.2) is 12.8 Å². The maximum Gasteiger partial charge on any atom is 0.150 e. The van der Waals surface area contributed by atoms with Crippen LogP contribution in [0.5, 0.6) is 0 Å². The van der Waals surface area contributed by atoms with Crippen LogP contribution in [0.3, 0.4) is 0 Å². The first-order valence-electron chi connectivity index (χ1n) is 6.21. The Bertz CT molecular complexity index is 604. The molecule has 0 saturated heterocycles. The Balaban J connectivity index is 2.05. The summed E-state index contributed by atoms with van der Waals surface area (Å²) in [5.74, 6) is 0. The van der Waals surface area contributed by atoms with E-state index < -0.39 is 0 Å². The molecule has 2 aromatic carbocycles. The molecule has 0 unspecified atom stereocenters. The number of anilines is 2. The average Bonchev–Trinajstić information content (AvgIpc) is 2.82. The second-order valence-corrected chi connectivity index (χ2v) is 4.69. The van der Waals surface area contributed by atoms with E-state index in [9.17, 15) is 4.79 Å². The summed E-state index contributed by atoms with van der Waals surface area (Å²) in [6.45, 7) is 3.07. The summed E-state index contributed by atoms with van der Waals surface area (Å²) in [6, 6.07) is 14.4. The van der Waals surface area contributed by atoms with Crippen molar-refractivity contribution < 1.29 is 4.79 Å². The van der Waals surface area contributed by atoms with Crippen LogP contribution in [0.4, 0.5) is 11.4 Å². The summed E-state index contributed by atoms with van der Waals surface area (Å²) < 4.78 is 0. The highest BCUT2D eigenvalue weighted by Gasteiger charge is 2.20. The number of nitrogens with zero attached hydrogens (tertiary/aromatic N) is 1. The van der Waals surface area contributed by atoms with Crippen molar-refractivity contribution in [3.8, 4) is 0 Å². The first-order chi connectivity index (χ1) is 8.79. The predicted molar refractivity (Wildman–Crippen MR) is 73.7 cm³/mol. The lowest BCUT2D eigenvalue weighted by Gasteiger charge is -2.21. The molecule has 0 N–H and O–H groups in total. The molecular formula is C16H15NO. The van der Waals surface area contributed by atoms with E-state index in [4.69, 9.17) is 0 Å². The van der Waals surface area contributed by atoms with Crippen molar-refractivity contribution in [2.75, 3.05) is 11.4 Å². The minimum absolute atomic E-state index is 0.740. The van der Waals surface area contributed by atoms with Crippen LogP contribution in [0.25, 0.3) is 0 Å². The van der Waals surface area contributed by atoms with Gasteiger partial charge in [-0.1, -0.05) is 18.2 Å². The van der Waals surface area contributed by atoms with E-state index in [0.717, 1.165) is 30.4 Å². The van der Waals surface area contributed by atoms with Crippen LogP contribution in [0.1, 0.15) is 21.5 Å². The fourth-order valence-electron chi connectivity index (χ4n) is 2.64. The Morgan fingerprint density at radius 2 is 1.94 bits per heavy atom. The van der Waals surface area contributed by atoms with Gasteiger partial charge in [0.25, 0.3) is 0 Å². The maximum absolute atomic E-state index is 10.8. The summed E-state index contributed by atoms with van der Waals surface area (Å²) in [5, 5.41) is 0. The summed E-state index contributed by atoms with van der Waals surface area (Å²) in [5.41, 5.74) is 5.78. The first kappa shape index (κ1) is 11.0. The fraction of sp³-hybridized carbons (Fsp3) is 0.188. The van der Waals surface area contributed by atoms with Crippen molar-refractivity contribution in [3.63, 3.8) is 0 Å². The molecule has 0 aromatic heterocycles. The third kappa shape index (κ3) is 1.70. The van der Waals surface area contributed by atoms with E-state index in [1.54, 1.807) is 0 Å². The van der Waals surface area contributed by atoms with Gasteiger partial charge in [-0.25, -0.2) is 0 Å². The van der Waals surface area contributed by atoms with Crippen LogP contribution < -0.4 is 4.90 Å². The topological polar surface area (TPSA) is 20.3 Å². The van der Waals surface area contributed by atoms with Crippen molar-refractivity contribution in [1.82, 2.24) is 0 Å². The van der Waals surface area contributed by atoms with Crippen molar-refractivity contribution >= 4 is 17.7 Å². The molecule has 0 saturated carbocycles. The molecule has 18 heavy (non-hydrogen) atoms. The van der Waals surface area contributed by atoms with Crippen LogP contribution in [-0.2, 0) is 6.42 Å². The highest BCUT2D eigenvalue weighted by Crippen LogP contribution is 2.35. The van der Waals surface area contributed by atoms with E-state index in [1.807, 2.05) is 18.2 Å². The predicted octanol–water partition coefficient (Wildman–Crippen LogP) is 3.50. The second kappa shape index (κ2) is 4.30. The number of carbonyl (C=O) groups is 1. The number of carbonyl (C=O) groups excluding carboxylic acids is 1. The van der Waals surface area contributed by atoms with Gasteiger partial charge in [-0.2, -0.15) is 0 Å². The SMILES string of the molecule is Cc1cc(C=O)ccc1N1CCc2ccccc21. The molecule has 0 spiro atoms. The summed E-state index contributed by atoms with van der Waals surface area (Å²) in [7, 11) is 0. The molecule has 1 aliphatic heterocycles. The van der Waals surface area contributed by atoms with Gasteiger partial charge in [0.15, 0.2) is 0 Å². The Labute approximate surface area is 107 Å². The molecule has 1 aliphatic rings. The largest absolute Gasteiger partial charge is 0.341 e. The monoisotopic (exact) mass is 237 g/mol. The lowest BCUT2D eigenvalue weighted by molar-refractivity contribution is 0.112. The number of aryl methyl sites for hydroxylation is 1. The molecule has 2 nitrogen and oxygen atoms in total. The van der Waals surface area contributed by atoms with Crippen molar-refractivity contribution in [2.45, 2.75) is 13.3 Å². The van der Waals surface area contributed by atoms with Gasteiger partial charge in [0, 0.05) is 23.5 Å². The molecule has 0 radical (unpaired) electrons. The highest BCUT2D eigenvalue weighted by molar-refractivity contribution is 5.79. The van der Waals surface area contributed by atoms with Gasteiger partial charge in [-0.3, -0.25) is 4.79 Å². The first-order valence-corrected chi connectivity index (χ1v) is 6.21. The highest BCUT2D eigenvalue weighted by atomic mass is 16.1. The molecule has 2 heteroatoms. The standard InChI is InChI=1S/C16H15NO/c1-12-10-13(11-18)6-7-15(12)17-9-8-14-4-2-3-5-16(14)17/h2-7,10-11H,8-9H2,1H3. The van der Waals surface area contributed by atoms with E-state index in [0.29, 0.717) is 0 Å². The lowest BCUT2D eigenvalue weighted by Crippen LogP contribution is -2.14. The van der Waals surface area contributed by atoms with Crippen LogP contribution in [0.15, 0.2) is 42.5 Å². The van der Waals surface area contributed by atoms with Gasteiger partial charge in [-0.15, -0.1) is 0 Å². The van der Waals surface area contributed by atoms with E-state index in [2.05, 4.69) is 36.1 Å². The van der Waals surface area contributed by atoms with Crippen LogP contribution in [0, 0.1) is 6.92 Å². The van der Waals surface area contributed by atoms with Crippen molar-refractivity contribution in [2.24, 2.45) is 0 Å². The van der Waals surface area contributed by atoms with E-state index in [-0.39, 0.29) is 0 Å². The van der Waals surface area contributed by atoms with Gasteiger partial charge in [-0.05, 0) is 48.7 Å². The number of para-hydroxylation sites is 1. The Kier molecular flexibility index (Phi) is 2.63. The molecule has 90 valence electrons. The third-order valence-electron chi connectivity index (χ3n) is 3.53. The van der Waals surface area contributed by atoms with Gasteiger partial charge in [0.05, 0.1) is 0 Å². The molecule has 0 atom stereocenters. The number of hydrogen-bond donors (Lipinski definition) is 0. The van der Waals surface area contributed by atoms with Crippen molar-refractivity contribution in [3.05, 3.63) is 59.2 Å². The zero-order chi connectivity index (χ0) is 12.5. The summed E-state index contributed by atoms with van der Waals surface area (Å²) in [6.07, 6.45) is 1.99. The molecule has 3 rings (SSSR count). The summed E-state index contributed by atoms with van der Waals surface area (Å²) in [4.78, 5) is 13.1. The third-order valence-corrected chi connectivity index (χ3v) is 3.53. The Morgan fingerprint density at radius 1 is 1.11 bits per heavy atom. The second-order valence-electron chi connectivity index (χ2n) is 4.69. The van der Waals surface area contributed by atoms with Gasteiger partial charge >= 0.3 is 0 Å². The van der Waals surface area contributed by atoms with Gasteiger partial charge in [0.1, 0.15) is 6.29 Å². The number of hydrogen-bond acceptors (Lipinski definition) is 2. The average molecular weight is 237 g/mol. The fourth-order valence-corrected chi connectivity index (χ4v) is 2.64. The molecule has 0 aliphatic carbocycles. The summed E-state index contributed by atoms with van der Waals surface area (Å²) >= 11 is 0. The quantitative estimate of drug-likeness (QED) is 0.745. The van der Waals surface area contributed by atoms with Gasteiger partial charge in [0.2, 0.25) is 0 Å². The smallest absolute Gasteiger partial charge is 0.150 e. The van der Waals surface area contributed by atoms with Gasteiger partial charge < -0.3 is 4.90 Å².